The third kappa shape index (κ3) is 3.47. The van der Waals surface area contributed by atoms with Gasteiger partial charge in [-0.3, -0.25) is 4.57 Å². The Morgan fingerprint density at radius 2 is 1.82 bits per heavy atom. The number of aromatic nitrogens is 6. The number of rotatable bonds is 5. The highest BCUT2D eigenvalue weighted by Gasteiger charge is 2.25. The molecule has 0 saturated heterocycles. The number of hydrogen-bond donors (Lipinski definition) is 2. The first-order valence-corrected chi connectivity index (χ1v) is 11.4. The van der Waals surface area contributed by atoms with E-state index >= 15 is 0 Å². The maximum absolute atomic E-state index is 5.06. The molecule has 2 N–H and O–H groups in total. The number of fused-ring (bicyclic) bond motifs is 3. The van der Waals surface area contributed by atoms with E-state index in [1.54, 1.807) is 6.33 Å². The van der Waals surface area contributed by atoms with Crippen LogP contribution in [0.5, 0.6) is 0 Å². The maximum Gasteiger partial charge on any atom is 0.208 e. The maximum atomic E-state index is 5.06. The molecule has 2 aromatic carbocycles. The molecule has 33 heavy (non-hydrogen) atoms. The highest BCUT2D eigenvalue weighted by Crippen LogP contribution is 2.31. The molecule has 3 aromatic heterocycles. The summed E-state index contributed by atoms with van der Waals surface area (Å²) in [5, 5.41) is 3.42. The van der Waals surface area contributed by atoms with Crippen LogP contribution in [0.3, 0.4) is 0 Å². The van der Waals surface area contributed by atoms with Gasteiger partial charge in [0.25, 0.3) is 0 Å². The molecule has 0 fully saturated rings. The zero-order valence-corrected chi connectivity index (χ0v) is 18.8. The fourth-order valence-electron chi connectivity index (χ4n) is 4.65. The lowest BCUT2D eigenvalue weighted by molar-refractivity contribution is 0.586. The molecule has 5 aromatic rings. The molecule has 0 saturated carbocycles. The van der Waals surface area contributed by atoms with Crippen LogP contribution in [0.15, 0.2) is 54.9 Å². The van der Waals surface area contributed by atoms with Gasteiger partial charge < -0.3 is 15.2 Å². The van der Waals surface area contributed by atoms with E-state index in [1.165, 1.54) is 11.1 Å². The minimum atomic E-state index is 0.222. The van der Waals surface area contributed by atoms with Crippen molar-refractivity contribution in [2.75, 3.05) is 16.8 Å². The average Bonchev–Trinajstić information content (AvgIpc) is 3.44. The summed E-state index contributed by atoms with van der Waals surface area (Å²) in [6.45, 7) is 6.66. The highest BCUT2D eigenvalue weighted by molar-refractivity contribution is 5.85. The second kappa shape index (κ2) is 7.88. The van der Waals surface area contributed by atoms with E-state index in [2.05, 4.69) is 72.8 Å². The summed E-state index contributed by atoms with van der Waals surface area (Å²) >= 11 is 0. The summed E-state index contributed by atoms with van der Waals surface area (Å²) in [5.41, 5.74) is 6.41. The fourth-order valence-corrected chi connectivity index (χ4v) is 4.65. The Hall–Kier alpha value is -3.94. The minimum Gasteiger partial charge on any atom is -0.361 e. The van der Waals surface area contributed by atoms with Gasteiger partial charge in [0.2, 0.25) is 5.95 Å². The van der Waals surface area contributed by atoms with Crippen LogP contribution in [0, 0.1) is 0 Å². The van der Waals surface area contributed by atoms with Crippen LogP contribution in [-0.4, -0.2) is 36.0 Å². The van der Waals surface area contributed by atoms with E-state index in [4.69, 9.17) is 4.98 Å². The number of benzene rings is 2. The van der Waals surface area contributed by atoms with Crippen molar-refractivity contribution in [1.82, 2.24) is 29.5 Å². The lowest BCUT2D eigenvalue weighted by Gasteiger charge is -2.30. The van der Waals surface area contributed by atoms with Gasteiger partial charge in [-0.05, 0) is 43.5 Å². The minimum absolute atomic E-state index is 0.222. The number of hydrogen-bond acceptors (Lipinski definition) is 6. The van der Waals surface area contributed by atoms with Gasteiger partial charge in [0.05, 0.1) is 17.6 Å². The zero-order valence-electron chi connectivity index (χ0n) is 18.8. The normalized spacial score (nSPS) is 13.7. The van der Waals surface area contributed by atoms with Crippen LogP contribution in [0.25, 0.3) is 22.2 Å². The Balaban J connectivity index is 1.35. The van der Waals surface area contributed by atoms with Crippen molar-refractivity contribution in [2.45, 2.75) is 39.4 Å². The van der Waals surface area contributed by atoms with Crippen LogP contribution >= 0.6 is 0 Å². The Bertz CT molecular complexity index is 1410. The van der Waals surface area contributed by atoms with Crippen molar-refractivity contribution < 1.29 is 0 Å². The second-order valence-electron chi connectivity index (χ2n) is 8.76. The van der Waals surface area contributed by atoms with Crippen molar-refractivity contribution in [3.8, 4) is 0 Å². The number of imidazole rings is 2. The molecular formula is C25H26N8. The molecule has 4 heterocycles. The summed E-state index contributed by atoms with van der Waals surface area (Å²) in [4.78, 5) is 24.6. The third-order valence-corrected chi connectivity index (χ3v) is 6.25. The topological polar surface area (TPSA) is 87.5 Å². The van der Waals surface area contributed by atoms with Crippen molar-refractivity contribution in [3.63, 3.8) is 0 Å². The highest BCUT2D eigenvalue weighted by atomic mass is 15.3. The van der Waals surface area contributed by atoms with Crippen molar-refractivity contribution >= 4 is 34.0 Å². The predicted octanol–water partition coefficient (Wildman–Crippen LogP) is 4.46. The van der Waals surface area contributed by atoms with E-state index in [9.17, 15) is 0 Å². The Morgan fingerprint density at radius 3 is 2.67 bits per heavy atom. The van der Waals surface area contributed by atoms with Crippen LogP contribution in [0.1, 0.15) is 36.8 Å². The molecule has 0 unspecified atom stereocenters. The van der Waals surface area contributed by atoms with Crippen LogP contribution in [-0.2, 0) is 19.5 Å². The molecule has 8 nitrogen and oxygen atoms in total. The van der Waals surface area contributed by atoms with Crippen LogP contribution in [0.4, 0.5) is 11.8 Å². The van der Waals surface area contributed by atoms with Gasteiger partial charge in [-0.2, -0.15) is 0 Å². The first-order chi connectivity index (χ1) is 16.2. The van der Waals surface area contributed by atoms with E-state index in [0.29, 0.717) is 6.54 Å². The molecule has 0 spiro atoms. The smallest absolute Gasteiger partial charge is 0.208 e. The first kappa shape index (κ1) is 19.7. The van der Waals surface area contributed by atoms with E-state index in [1.807, 2.05) is 24.3 Å². The Kier molecular flexibility index (Phi) is 4.71. The Morgan fingerprint density at radius 1 is 1.00 bits per heavy atom. The lowest BCUT2D eigenvalue weighted by atomic mass is 10.0. The standard InChI is InChI=1S/C25H26N8/c1-16(2)33-24-22(31-25(33)32-12-11-17-7-3-4-8-18(17)14-32)23(27-15-28-24)26-13-21-29-19-9-5-6-10-20(19)30-21/h3-10,15-16H,11-14H2,1-2H3,(H,29,30)(H,26,27,28). The third-order valence-electron chi connectivity index (χ3n) is 6.25. The van der Waals surface area contributed by atoms with E-state index < -0.39 is 0 Å². The summed E-state index contributed by atoms with van der Waals surface area (Å²) in [5.74, 6) is 2.53. The van der Waals surface area contributed by atoms with Crippen molar-refractivity contribution in [1.29, 1.82) is 0 Å². The molecule has 0 bridgehead atoms. The molecule has 0 radical (unpaired) electrons. The molecule has 8 heteroatoms. The molecule has 6 rings (SSSR count). The molecular weight excluding hydrogens is 412 g/mol. The zero-order chi connectivity index (χ0) is 22.4. The molecule has 166 valence electrons. The van der Waals surface area contributed by atoms with Gasteiger partial charge in [0, 0.05) is 19.1 Å². The molecule has 1 aliphatic rings. The van der Waals surface area contributed by atoms with E-state index in [-0.39, 0.29) is 6.04 Å². The Labute approximate surface area is 191 Å². The predicted molar refractivity (Wildman–Crippen MR) is 130 cm³/mol. The lowest BCUT2D eigenvalue weighted by Crippen LogP contribution is -2.32. The van der Waals surface area contributed by atoms with Crippen molar-refractivity contribution in [2.24, 2.45) is 0 Å². The molecule has 0 aliphatic carbocycles. The average molecular weight is 439 g/mol. The van der Waals surface area contributed by atoms with Gasteiger partial charge in [-0.15, -0.1) is 0 Å². The number of nitrogens with zero attached hydrogens (tertiary/aromatic N) is 6. The van der Waals surface area contributed by atoms with E-state index in [0.717, 1.165) is 59.3 Å². The summed E-state index contributed by atoms with van der Waals surface area (Å²) in [6, 6.07) is 16.9. The first-order valence-electron chi connectivity index (χ1n) is 11.4. The van der Waals surface area contributed by atoms with Gasteiger partial charge in [-0.25, -0.2) is 19.9 Å². The van der Waals surface area contributed by atoms with Gasteiger partial charge in [0.15, 0.2) is 17.0 Å². The summed E-state index contributed by atoms with van der Waals surface area (Å²) in [7, 11) is 0. The number of anilines is 2. The van der Waals surface area contributed by atoms with Crippen LogP contribution in [0.2, 0.25) is 0 Å². The quantitative estimate of drug-likeness (QED) is 0.421. The number of para-hydroxylation sites is 2. The second-order valence-corrected chi connectivity index (χ2v) is 8.76. The largest absolute Gasteiger partial charge is 0.361 e. The number of aromatic amines is 1. The SMILES string of the molecule is CC(C)n1c(N2CCc3ccccc3C2)nc2c(NCc3nc4ccccc4[nH]3)ncnc21. The van der Waals surface area contributed by atoms with Crippen molar-refractivity contribution in [3.05, 3.63) is 71.8 Å². The summed E-state index contributed by atoms with van der Waals surface area (Å²) in [6.07, 6.45) is 2.62. The van der Waals surface area contributed by atoms with Crippen LogP contribution < -0.4 is 10.2 Å². The fraction of sp³-hybridized carbons (Fsp3) is 0.280. The van der Waals surface area contributed by atoms with Gasteiger partial charge in [0.1, 0.15) is 12.2 Å². The van der Waals surface area contributed by atoms with Gasteiger partial charge in [-0.1, -0.05) is 36.4 Å². The molecule has 0 atom stereocenters. The number of H-pyrrole nitrogens is 1. The number of nitrogens with one attached hydrogen (secondary N) is 2. The van der Waals surface area contributed by atoms with Gasteiger partial charge >= 0.3 is 0 Å². The monoisotopic (exact) mass is 438 g/mol. The molecule has 1 aliphatic heterocycles. The molecule has 0 amide bonds. The summed E-state index contributed by atoms with van der Waals surface area (Å²) < 4.78 is 2.22.